The molecule has 2 aliphatic rings. The molecule has 8 heteroatoms. The summed E-state index contributed by atoms with van der Waals surface area (Å²) in [5.41, 5.74) is 1.90. The number of carbonyl (C=O) groups is 3. The first-order valence-corrected chi connectivity index (χ1v) is 10.1. The Balaban J connectivity index is 1.42. The van der Waals surface area contributed by atoms with Crippen LogP contribution in [0.25, 0.3) is 0 Å². The summed E-state index contributed by atoms with van der Waals surface area (Å²) in [5.74, 6) is -0.346. The molecule has 0 spiro atoms. The van der Waals surface area contributed by atoms with Crippen LogP contribution in [0.1, 0.15) is 50.5 Å². The smallest absolute Gasteiger partial charge is 0.337 e. The van der Waals surface area contributed by atoms with E-state index in [0.29, 0.717) is 35.8 Å². The van der Waals surface area contributed by atoms with Gasteiger partial charge in [-0.05, 0) is 37.1 Å². The molecule has 146 valence electrons. The van der Waals surface area contributed by atoms with Crippen LogP contribution in [0.2, 0.25) is 0 Å². The number of hydrogen-bond acceptors (Lipinski definition) is 6. The Morgan fingerprint density at radius 1 is 1.18 bits per heavy atom. The van der Waals surface area contributed by atoms with Crippen molar-refractivity contribution >= 4 is 34.3 Å². The summed E-state index contributed by atoms with van der Waals surface area (Å²) in [6.45, 7) is 1.05. The van der Waals surface area contributed by atoms with E-state index in [2.05, 4.69) is 15.0 Å². The molecule has 0 radical (unpaired) electrons. The zero-order valence-electron chi connectivity index (χ0n) is 15.6. The number of thiazole rings is 1. The van der Waals surface area contributed by atoms with Crippen molar-refractivity contribution in [3.05, 3.63) is 46.0 Å². The fourth-order valence-corrected chi connectivity index (χ4v) is 4.38. The molecule has 0 saturated heterocycles. The summed E-state index contributed by atoms with van der Waals surface area (Å²) < 4.78 is 4.68. The van der Waals surface area contributed by atoms with Crippen molar-refractivity contribution in [3.63, 3.8) is 0 Å². The van der Waals surface area contributed by atoms with Crippen molar-refractivity contribution in [2.24, 2.45) is 5.92 Å². The number of anilines is 1. The van der Waals surface area contributed by atoms with Crippen LogP contribution in [0.5, 0.6) is 0 Å². The van der Waals surface area contributed by atoms with E-state index in [1.165, 1.54) is 18.4 Å². The zero-order chi connectivity index (χ0) is 19.7. The van der Waals surface area contributed by atoms with Gasteiger partial charge in [0, 0.05) is 29.3 Å². The maximum absolute atomic E-state index is 12.8. The fourth-order valence-electron chi connectivity index (χ4n) is 3.35. The van der Waals surface area contributed by atoms with Crippen LogP contribution >= 0.6 is 11.3 Å². The minimum Gasteiger partial charge on any atom is -0.465 e. The lowest BCUT2D eigenvalue weighted by atomic mass is 9.85. The van der Waals surface area contributed by atoms with Crippen molar-refractivity contribution < 1.29 is 19.1 Å². The molecule has 1 aliphatic heterocycles. The highest BCUT2D eigenvalue weighted by atomic mass is 32.1. The number of esters is 1. The second-order valence-corrected chi connectivity index (χ2v) is 8.14. The van der Waals surface area contributed by atoms with Crippen molar-refractivity contribution in [1.82, 2.24) is 9.88 Å². The van der Waals surface area contributed by atoms with E-state index >= 15 is 0 Å². The van der Waals surface area contributed by atoms with Crippen LogP contribution in [-0.2, 0) is 22.5 Å². The third-order valence-corrected chi connectivity index (χ3v) is 6.28. The Hall–Kier alpha value is -2.74. The lowest BCUT2D eigenvalue weighted by molar-refractivity contribution is -0.122. The van der Waals surface area contributed by atoms with Crippen LogP contribution in [0, 0.1) is 5.92 Å². The number of ether oxygens (including phenoxy) is 1. The summed E-state index contributed by atoms with van der Waals surface area (Å²) in [5, 5.41) is 3.54. The number of hydrogen-bond donors (Lipinski definition) is 1. The first-order chi connectivity index (χ1) is 13.5. The van der Waals surface area contributed by atoms with Crippen molar-refractivity contribution in [3.8, 4) is 0 Å². The van der Waals surface area contributed by atoms with E-state index in [9.17, 15) is 14.4 Å². The number of fused-ring (bicyclic) bond motifs is 1. The van der Waals surface area contributed by atoms with E-state index in [4.69, 9.17) is 0 Å². The van der Waals surface area contributed by atoms with Crippen molar-refractivity contribution in [2.45, 2.75) is 32.2 Å². The third kappa shape index (κ3) is 3.64. The van der Waals surface area contributed by atoms with Gasteiger partial charge in [0.25, 0.3) is 5.91 Å². The minimum atomic E-state index is -0.428. The van der Waals surface area contributed by atoms with Gasteiger partial charge < -0.3 is 15.0 Å². The Labute approximate surface area is 166 Å². The standard InChI is InChI=1S/C20H21N3O4S/c1-27-19(26)14-7-5-13(6-8-14)18(25)23-10-9-15-16(11-23)28-20(21-15)22-17(24)12-3-2-4-12/h5-8,12H,2-4,9-11H2,1H3,(H,21,22,24). The fraction of sp³-hybridized carbons (Fsp3) is 0.400. The van der Waals surface area contributed by atoms with Crippen LogP contribution in [0.15, 0.2) is 24.3 Å². The lowest BCUT2D eigenvalue weighted by Crippen LogP contribution is -2.35. The lowest BCUT2D eigenvalue weighted by Gasteiger charge is -2.26. The average Bonchev–Trinajstić information content (AvgIpc) is 3.06. The summed E-state index contributed by atoms with van der Waals surface area (Å²) in [6, 6.07) is 6.46. The number of methoxy groups -OCH3 is 1. The van der Waals surface area contributed by atoms with Gasteiger partial charge in [0.2, 0.25) is 5.91 Å². The van der Waals surface area contributed by atoms with Gasteiger partial charge in [-0.15, -0.1) is 0 Å². The zero-order valence-corrected chi connectivity index (χ0v) is 16.4. The first-order valence-electron chi connectivity index (χ1n) is 9.32. The molecule has 2 amide bonds. The number of nitrogens with zero attached hydrogens (tertiary/aromatic N) is 2. The van der Waals surface area contributed by atoms with Crippen LogP contribution in [-0.4, -0.2) is 41.3 Å². The molecule has 4 rings (SSSR count). The number of benzene rings is 1. The van der Waals surface area contributed by atoms with Gasteiger partial charge in [0.05, 0.1) is 24.9 Å². The van der Waals surface area contributed by atoms with Gasteiger partial charge in [-0.25, -0.2) is 9.78 Å². The predicted octanol–water partition coefficient (Wildman–Crippen LogP) is 2.87. The number of amides is 2. The molecule has 0 bridgehead atoms. The van der Waals surface area contributed by atoms with E-state index in [1.807, 2.05) is 0 Å². The molecule has 28 heavy (non-hydrogen) atoms. The molecule has 1 N–H and O–H groups in total. The molecular weight excluding hydrogens is 378 g/mol. The van der Waals surface area contributed by atoms with E-state index in [1.54, 1.807) is 29.2 Å². The number of nitrogens with one attached hydrogen (secondary N) is 1. The summed E-state index contributed by atoms with van der Waals surface area (Å²) in [6.07, 6.45) is 3.68. The van der Waals surface area contributed by atoms with Crippen molar-refractivity contribution in [1.29, 1.82) is 0 Å². The summed E-state index contributed by atoms with van der Waals surface area (Å²) in [7, 11) is 1.32. The molecule has 1 saturated carbocycles. The van der Waals surface area contributed by atoms with Crippen molar-refractivity contribution in [2.75, 3.05) is 19.0 Å². The molecule has 2 heterocycles. The molecule has 2 aromatic rings. The molecule has 0 unspecified atom stereocenters. The van der Waals surface area contributed by atoms with Gasteiger partial charge in [0.15, 0.2) is 5.13 Å². The predicted molar refractivity (Wildman–Crippen MR) is 104 cm³/mol. The summed E-state index contributed by atoms with van der Waals surface area (Å²) in [4.78, 5) is 43.8. The molecular formula is C20H21N3O4S. The van der Waals surface area contributed by atoms with Gasteiger partial charge in [0.1, 0.15) is 0 Å². The van der Waals surface area contributed by atoms with Gasteiger partial charge >= 0.3 is 5.97 Å². The Morgan fingerprint density at radius 2 is 1.89 bits per heavy atom. The highest BCUT2D eigenvalue weighted by molar-refractivity contribution is 7.15. The normalized spacial score (nSPS) is 16.1. The number of rotatable bonds is 4. The van der Waals surface area contributed by atoms with E-state index in [0.717, 1.165) is 29.8 Å². The van der Waals surface area contributed by atoms with Crippen LogP contribution in [0.3, 0.4) is 0 Å². The Bertz CT molecular complexity index is 918. The highest BCUT2D eigenvalue weighted by Gasteiger charge is 2.28. The third-order valence-electron chi connectivity index (χ3n) is 5.28. The molecule has 7 nitrogen and oxygen atoms in total. The Morgan fingerprint density at radius 3 is 2.54 bits per heavy atom. The monoisotopic (exact) mass is 399 g/mol. The molecule has 1 fully saturated rings. The molecule has 1 aromatic heterocycles. The largest absolute Gasteiger partial charge is 0.465 e. The number of carbonyl (C=O) groups excluding carboxylic acids is 3. The molecule has 0 atom stereocenters. The average molecular weight is 399 g/mol. The van der Waals surface area contributed by atoms with E-state index in [-0.39, 0.29) is 17.7 Å². The minimum absolute atomic E-state index is 0.0518. The summed E-state index contributed by atoms with van der Waals surface area (Å²) >= 11 is 1.44. The molecule has 1 aliphatic carbocycles. The first kappa shape index (κ1) is 18.6. The second-order valence-electron chi connectivity index (χ2n) is 7.05. The van der Waals surface area contributed by atoms with Crippen LogP contribution < -0.4 is 5.32 Å². The highest BCUT2D eigenvalue weighted by Crippen LogP contribution is 2.31. The SMILES string of the molecule is COC(=O)c1ccc(C(=O)N2CCc3nc(NC(=O)C4CCC4)sc3C2)cc1. The van der Waals surface area contributed by atoms with E-state index < -0.39 is 5.97 Å². The van der Waals surface area contributed by atoms with Gasteiger partial charge in [-0.1, -0.05) is 17.8 Å². The quantitative estimate of drug-likeness (QED) is 0.799. The maximum Gasteiger partial charge on any atom is 0.337 e. The van der Waals surface area contributed by atoms with Gasteiger partial charge in [-0.3, -0.25) is 9.59 Å². The molecule has 1 aromatic carbocycles. The van der Waals surface area contributed by atoms with Crippen LogP contribution in [0.4, 0.5) is 5.13 Å². The van der Waals surface area contributed by atoms with Gasteiger partial charge in [-0.2, -0.15) is 0 Å². The maximum atomic E-state index is 12.8. The topological polar surface area (TPSA) is 88.6 Å². The Kier molecular flexibility index (Phi) is 5.13. The second kappa shape index (κ2) is 7.71. The number of aromatic nitrogens is 1.